The summed E-state index contributed by atoms with van der Waals surface area (Å²) in [6.45, 7) is 5.55. The minimum absolute atomic E-state index is 0.0387. The Bertz CT molecular complexity index is 1090. The molecule has 0 amide bonds. The smallest absolute Gasteiger partial charge is 0.213 e. The Kier molecular flexibility index (Phi) is 5.41. The van der Waals surface area contributed by atoms with Gasteiger partial charge in [-0.05, 0) is 78.6 Å². The second-order valence-electron chi connectivity index (χ2n) is 8.03. The van der Waals surface area contributed by atoms with Crippen LogP contribution >= 0.6 is 0 Å². The highest BCUT2D eigenvalue weighted by Crippen LogP contribution is 2.34. The Morgan fingerprint density at radius 3 is 2.37 bits per heavy atom. The summed E-state index contributed by atoms with van der Waals surface area (Å²) in [5, 5.41) is 0. The van der Waals surface area contributed by atoms with Crippen LogP contribution in [-0.4, -0.2) is 4.98 Å². The molecule has 1 aromatic heterocycles. The van der Waals surface area contributed by atoms with Crippen LogP contribution in [0.15, 0.2) is 36.5 Å². The molecule has 0 saturated carbocycles. The maximum absolute atomic E-state index is 14.6. The number of aryl methyl sites for hydroxylation is 2. The van der Waals surface area contributed by atoms with Crippen LogP contribution in [0.5, 0.6) is 11.6 Å². The number of fused-ring (bicyclic) bond motifs is 1. The summed E-state index contributed by atoms with van der Waals surface area (Å²) < 4.78 is 47.3. The van der Waals surface area contributed by atoms with Gasteiger partial charge in [-0.15, -0.1) is 0 Å². The Morgan fingerprint density at radius 1 is 0.967 bits per heavy atom. The van der Waals surface area contributed by atoms with Gasteiger partial charge in [0.05, 0.1) is 0 Å². The molecule has 1 heterocycles. The molecule has 6 heteroatoms. The summed E-state index contributed by atoms with van der Waals surface area (Å²) in [6.07, 6.45) is 3.78. The normalized spacial score (nSPS) is 15.2. The first-order valence-corrected chi connectivity index (χ1v) is 9.84. The largest absolute Gasteiger partial charge is 0.473 e. The van der Waals surface area contributed by atoms with Crippen LogP contribution in [-0.2, 0) is 19.4 Å². The minimum Gasteiger partial charge on any atom is -0.473 e. The summed E-state index contributed by atoms with van der Waals surface area (Å²) >= 11 is 0. The Labute approximate surface area is 173 Å². The predicted octanol–water partition coefficient (Wildman–Crippen LogP) is 6.22. The molecule has 156 valence electrons. The molecular weight excluding hydrogens is 391 g/mol. The lowest BCUT2D eigenvalue weighted by atomic mass is 9.93. The SMILES string of the molecule is Cc1cc(OF)cc(C)c1-c1cc(COc2cc3c(cn2)CC(C)C3)c(F)cc1F. The van der Waals surface area contributed by atoms with E-state index in [9.17, 15) is 13.3 Å². The molecule has 3 aromatic rings. The number of hydrogen-bond donors (Lipinski definition) is 0. The summed E-state index contributed by atoms with van der Waals surface area (Å²) in [6, 6.07) is 7.12. The van der Waals surface area contributed by atoms with E-state index in [1.165, 1.54) is 29.3 Å². The van der Waals surface area contributed by atoms with Gasteiger partial charge in [-0.3, -0.25) is 4.94 Å². The third-order valence-electron chi connectivity index (χ3n) is 5.57. The number of benzene rings is 2. The fourth-order valence-electron chi connectivity index (χ4n) is 4.22. The van der Waals surface area contributed by atoms with Crippen molar-refractivity contribution in [2.45, 2.75) is 40.2 Å². The highest BCUT2D eigenvalue weighted by atomic mass is 19.3. The zero-order valence-corrected chi connectivity index (χ0v) is 17.1. The maximum atomic E-state index is 14.6. The second kappa shape index (κ2) is 8.01. The van der Waals surface area contributed by atoms with Gasteiger partial charge < -0.3 is 4.74 Å². The first-order valence-electron chi connectivity index (χ1n) is 9.84. The molecule has 3 nitrogen and oxygen atoms in total. The molecule has 2 aromatic carbocycles. The van der Waals surface area contributed by atoms with Crippen LogP contribution in [0.2, 0.25) is 0 Å². The van der Waals surface area contributed by atoms with Crippen molar-refractivity contribution in [3.8, 4) is 22.8 Å². The molecule has 0 radical (unpaired) electrons. The maximum Gasteiger partial charge on any atom is 0.213 e. The molecule has 0 fully saturated rings. The van der Waals surface area contributed by atoms with E-state index in [-0.39, 0.29) is 23.5 Å². The molecule has 1 atom stereocenters. The van der Waals surface area contributed by atoms with E-state index < -0.39 is 11.6 Å². The van der Waals surface area contributed by atoms with Crippen LogP contribution in [0.25, 0.3) is 11.1 Å². The van der Waals surface area contributed by atoms with Crippen molar-refractivity contribution in [3.05, 3.63) is 76.0 Å². The third kappa shape index (κ3) is 3.86. The molecule has 4 rings (SSSR count). The van der Waals surface area contributed by atoms with E-state index >= 15 is 0 Å². The number of ether oxygens (including phenoxy) is 1. The van der Waals surface area contributed by atoms with Gasteiger partial charge in [0.2, 0.25) is 5.88 Å². The average molecular weight is 413 g/mol. The Morgan fingerprint density at radius 2 is 1.67 bits per heavy atom. The van der Waals surface area contributed by atoms with Crippen molar-refractivity contribution in [2.75, 3.05) is 0 Å². The molecular formula is C24H22F3NO2. The van der Waals surface area contributed by atoms with E-state index in [0.717, 1.165) is 18.9 Å². The van der Waals surface area contributed by atoms with Gasteiger partial charge in [-0.2, -0.15) is 0 Å². The fourth-order valence-corrected chi connectivity index (χ4v) is 4.22. The Balaban J connectivity index is 1.62. The molecule has 0 bridgehead atoms. The molecule has 0 spiro atoms. The molecule has 1 aliphatic carbocycles. The zero-order chi connectivity index (χ0) is 21.4. The van der Waals surface area contributed by atoms with E-state index in [4.69, 9.17) is 4.74 Å². The summed E-state index contributed by atoms with van der Waals surface area (Å²) in [5.74, 6) is -0.345. The van der Waals surface area contributed by atoms with Crippen molar-refractivity contribution < 1.29 is 23.0 Å². The van der Waals surface area contributed by atoms with Gasteiger partial charge in [-0.1, -0.05) is 6.92 Å². The van der Waals surface area contributed by atoms with Crippen LogP contribution in [0, 0.1) is 31.4 Å². The first kappa shape index (κ1) is 20.3. The number of nitrogens with zero attached hydrogens (tertiary/aromatic N) is 1. The number of halogens is 3. The molecule has 0 N–H and O–H groups in total. The van der Waals surface area contributed by atoms with Gasteiger partial charge in [0, 0.05) is 34.0 Å². The minimum atomic E-state index is -0.694. The zero-order valence-electron chi connectivity index (χ0n) is 17.1. The number of aromatic nitrogens is 1. The lowest BCUT2D eigenvalue weighted by Gasteiger charge is -2.14. The van der Waals surface area contributed by atoms with Crippen molar-refractivity contribution in [2.24, 2.45) is 5.92 Å². The lowest BCUT2D eigenvalue weighted by molar-refractivity contribution is -0.00630. The molecule has 1 unspecified atom stereocenters. The lowest BCUT2D eigenvalue weighted by Crippen LogP contribution is -2.03. The van der Waals surface area contributed by atoms with Crippen LogP contribution in [0.3, 0.4) is 0 Å². The number of hydrogen-bond acceptors (Lipinski definition) is 3. The quantitative estimate of drug-likeness (QED) is 0.498. The van der Waals surface area contributed by atoms with Crippen molar-refractivity contribution in [3.63, 3.8) is 0 Å². The highest BCUT2D eigenvalue weighted by Gasteiger charge is 2.20. The van der Waals surface area contributed by atoms with Crippen LogP contribution in [0.4, 0.5) is 13.3 Å². The summed E-state index contributed by atoms with van der Waals surface area (Å²) in [5.41, 5.74) is 4.67. The van der Waals surface area contributed by atoms with Gasteiger partial charge in [0.25, 0.3) is 0 Å². The van der Waals surface area contributed by atoms with Gasteiger partial charge in [0.1, 0.15) is 18.2 Å². The second-order valence-corrected chi connectivity index (χ2v) is 8.03. The topological polar surface area (TPSA) is 31.4 Å². The van der Waals surface area contributed by atoms with Crippen LogP contribution in [0.1, 0.15) is 34.7 Å². The van der Waals surface area contributed by atoms with Crippen molar-refractivity contribution in [1.29, 1.82) is 0 Å². The summed E-state index contributed by atoms with van der Waals surface area (Å²) in [4.78, 5) is 8.09. The molecule has 0 saturated heterocycles. The number of rotatable bonds is 5. The monoisotopic (exact) mass is 413 g/mol. The van der Waals surface area contributed by atoms with Crippen molar-refractivity contribution in [1.82, 2.24) is 4.98 Å². The van der Waals surface area contributed by atoms with E-state index in [1.54, 1.807) is 13.8 Å². The Hall–Kier alpha value is -3.02. The first-order chi connectivity index (χ1) is 14.4. The van der Waals surface area contributed by atoms with E-state index in [2.05, 4.69) is 16.8 Å². The van der Waals surface area contributed by atoms with Gasteiger partial charge >= 0.3 is 0 Å². The fraction of sp³-hybridized carbons (Fsp3) is 0.292. The molecule has 0 aliphatic heterocycles. The number of pyridine rings is 1. The molecule has 30 heavy (non-hydrogen) atoms. The average Bonchev–Trinajstić information content (AvgIpc) is 3.07. The highest BCUT2D eigenvalue weighted by molar-refractivity contribution is 5.73. The van der Waals surface area contributed by atoms with E-state index in [0.29, 0.717) is 28.5 Å². The van der Waals surface area contributed by atoms with E-state index in [1.807, 2.05) is 12.3 Å². The summed E-state index contributed by atoms with van der Waals surface area (Å²) in [7, 11) is 0. The van der Waals surface area contributed by atoms with Crippen molar-refractivity contribution >= 4 is 0 Å². The predicted molar refractivity (Wildman–Crippen MR) is 108 cm³/mol. The molecule has 1 aliphatic rings. The third-order valence-corrected chi connectivity index (χ3v) is 5.57. The van der Waals surface area contributed by atoms with Gasteiger partial charge in [0.15, 0.2) is 5.75 Å². The van der Waals surface area contributed by atoms with Crippen LogP contribution < -0.4 is 9.68 Å². The standard InChI is InChI=1S/C24H22F3NO2/c1-13-4-16-9-23(28-11-17(16)5-13)29-12-18-8-20(22(26)10-21(18)25)24-14(2)6-19(30-27)7-15(24)3/h6-11,13H,4-5,12H2,1-3H3. The van der Waals surface area contributed by atoms with Gasteiger partial charge in [-0.25, -0.2) is 13.8 Å².